The second-order valence-electron chi connectivity index (χ2n) is 10.5. The largest absolute Gasteiger partial charge is 0.493 e. The van der Waals surface area contributed by atoms with E-state index in [0.29, 0.717) is 55.8 Å². The van der Waals surface area contributed by atoms with Crippen molar-refractivity contribution < 1.29 is 28.6 Å². The highest BCUT2D eigenvalue weighted by molar-refractivity contribution is 6.37. The van der Waals surface area contributed by atoms with Crippen molar-refractivity contribution in [3.8, 4) is 11.5 Å². The molecule has 1 aliphatic rings. The predicted molar refractivity (Wildman–Crippen MR) is 146 cm³/mol. The number of ether oxygens (including phenoxy) is 3. The zero-order valence-corrected chi connectivity index (χ0v) is 23.1. The van der Waals surface area contributed by atoms with Gasteiger partial charge in [0.05, 0.1) is 20.1 Å². The van der Waals surface area contributed by atoms with E-state index in [-0.39, 0.29) is 12.5 Å². The average molecular weight is 525 g/mol. The van der Waals surface area contributed by atoms with Crippen LogP contribution in [0.3, 0.4) is 0 Å². The normalized spacial score (nSPS) is 16.4. The van der Waals surface area contributed by atoms with Gasteiger partial charge in [0.1, 0.15) is 6.10 Å². The van der Waals surface area contributed by atoms with E-state index in [0.717, 1.165) is 11.1 Å². The Kier molecular flexibility index (Phi) is 9.78. The maximum Gasteiger partial charge on any atom is 0.311 e. The van der Waals surface area contributed by atoms with Crippen LogP contribution in [-0.4, -0.2) is 49.9 Å². The molecule has 1 heterocycles. The van der Waals surface area contributed by atoms with Crippen LogP contribution < -0.4 is 15.2 Å². The number of esters is 1. The molecular formula is C30H40N2O6. The van der Waals surface area contributed by atoms with E-state index in [1.807, 2.05) is 43.3 Å². The van der Waals surface area contributed by atoms with Crippen molar-refractivity contribution in [2.45, 2.75) is 59.0 Å². The van der Waals surface area contributed by atoms with Crippen LogP contribution in [0.15, 0.2) is 42.5 Å². The highest BCUT2D eigenvalue weighted by atomic mass is 16.5. The molecule has 8 nitrogen and oxygen atoms in total. The van der Waals surface area contributed by atoms with Gasteiger partial charge < -0.3 is 24.8 Å². The number of likely N-dealkylation sites (tertiary alicyclic amines) is 1. The van der Waals surface area contributed by atoms with Crippen molar-refractivity contribution in [3.63, 3.8) is 0 Å². The molecule has 0 unspecified atom stereocenters. The molecule has 0 radical (unpaired) electrons. The summed E-state index contributed by atoms with van der Waals surface area (Å²) >= 11 is 0. The maximum atomic E-state index is 13.3. The monoisotopic (exact) mass is 524 g/mol. The summed E-state index contributed by atoms with van der Waals surface area (Å²) in [5.74, 6) is -0.515. The van der Waals surface area contributed by atoms with Crippen molar-refractivity contribution in [2.75, 3.05) is 33.0 Å². The number of nitrogens with two attached hydrogens (primary N) is 1. The number of rotatable bonds is 11. The Morgan fingerprint density at radius 2 is 1.82 bits per heavy atom. The molecule has 1 fully saturated rings. The van der Waals surface area contributed by atoms with Gasteiger partial charge in [-0.05, 0) is 67.5 Å². The quantitative estimate of drug-likeness (QED) is 0.257. The second kappa shape index (κ2) is 12.8. The Hall–Kier alpha value is -3.55. The summed E-state index contributed by atoms with van der Waals surface area (Å²) in [5.41, 5.74) is 7.70. The van der Waals surface area contributed by atoms with Gasteiger partial charge in [0.2, 0.25) is 5.78 Å². The smallest absolute Gasteiger partial charge is 0.311 e. The standard InChI is InChI=1S/C30H40N2O6/c1-6-30(2,3)27(33)28(34)32-16-8-10-22(19-32)29(35)38-24(21-9-7-11-23(31)18-21)14-12-20-13-15-25(36-4)26(17-20)37-5/h7,9,11,13,15,17-18,22,24H,6,8,10,12,14,16,19,31H2,1-5H3/t22-,24-/m1/s1. The summed E-state index contributed by atoms with van der Waals surface area (Å²) in [7, 11) is 3.18. The third-order valence-corrected chi connectivity index (χ3v) is 7.42. The molecule has 0 saturated carbocycles. The van der Waals surface area contributed by atoms with E-state index in [9.17, 15) is 14.4 Å². The van der Waals surface area contributed by atoms with Gasteiger partial charge in [0.25, 0.3) is 5.91 Å². The summed E-state index contributed by atoms with van der Waals surface area (Å²) < 4.78 is 16.8. The molecule has 8 heteroatoms. The molecule has 1 aliphatic heterocycles. The fourth-order valence-electron chi connectivity index (χ4n) is 4.57. The number of carbonyl (C=O) groups excluding carboxylic acids is 3. The third-order valence-electron chi connectivity index (χ3n) is 7.42. The predicted octanol–water partition coefficient (Wildman–Crippen LogP) is 4.75. The molecule has 3 rings (SSSR count). The summed E-state index contributed by atoms with van der Waals surface area (Å²) in [5, 5.41) is 0. The molecule has 2 aromatic rings. The van der Waals surface area contributed by atoms with Crippen molar-refractivity contribution >= 4 is 23.3 Å². The summed E-state index contributed by atoms with van der Waals surface area (Å²) in [4.78, 5) is 40.5. The molecule has 0 aliphatic carbocycles. The minimum atomic E-state index is -0.729. The van der Waals surface area contributed by atoms with Crippen molar-refractivity contribution in [1.29, 1.82) is 0 Å². The first kappa shape index (κ1) is 29.0. The van der Waals surface area contributed by atoms with Gasteiger partial charge in [-0.3, -0.25) is 14.4 Å². The van der Waals surface area contributed by atoms with Crippen LogP contribution >= 0.6 is 0 Å². The Labute approximate surface area is 225 Å². The summed E-state index contributed by atoms with van der Waals surface area (Å²) in [6, 6.07) is 13.1. The Morgan fingerprint density at radius 3 is 2.47 bits per heavy atom. The fraction of sp³-hybridized carbons (Fsp3) is 0.500. The lowest BCUT2D eigenvalue weighted by atomic mass is 9.84. The third kappa shape index (κ3) is 7.05. The number of amides is 1. The number of carbonyl (C=O) groups is 3. The van der Waals surface area contributed by atoms with Crippen LogP contribution in [0.2, 0.25) is 0 Å². The lowest BCUT2D eigenvalue weighted by Gasteiger charge is -2.33. The fourth-order valence-corrected chi connectivity index (χ4v) is 4.57. The first-order valence-corrected chi connectivity index (χ1v) is 13.2. The van der Waals surface area contributed by atoms with Crippen LogP contribution in [0.5, 0.6) is 11.5 Å². The van der Waals surface area contributed by atoms with Crippen LogP contribution in [0.25, 0.3) is 0 Å². The highest BCUT2D eigenvalue weighted by Crippen LogP contribution is 2.32. The molecule has 0 bridgehead atoms. The minimum Gasteiger partial charge on any atom is -0.493 e. The van der Waals surface area contributed by atoms with Crippen LogP contribution in [0, 0.1) is 11.3 Å². The molecule has 0 spiro atoms. The molecular weight excluding hydrogens is 484 g/mol. The summed E-state index contributed by atoms with van der Waals surface area (Å²) in [6.07, 6.45) is 2.45. The van der Waals surface area contributed by atoms with E-state index >= 15 is 0 Å². The maximum absolute atomic E-state index is 13.3. The van der Waals surface area contributed by atoms with E-state index in [4.69, 9.17) is 19.9 Å². The number of Topliss-reactive ketones (excluding diaryl/α,β-unsaturated/α-hetero) is 1. The molecule has 2 N–H and O–H groups in total. The number of aryl methyl sites for hydroxylation is 1. The van der Waals surface area contributed by atoms with Crippen molar-refractivity contribution in [2.24, 2.45) is 11.3 Å². The number of hydrogen-bond donors (Lipinski definition) is 1. The molecule has 206 valence electrons. The minimum absolute atomic E-state index is 0.183. The van der Waals surface area contributed by atoms with Gasteiger partial charge in [0.15, 0.2) is 11.5 Å². The number of ketones is 1. The van der Waals surface area contributed by atoms with Crippen molar-refractivity contribution in [3.05, 3.63) is 53.6 Å². The number of benzene rings is 2. The van der Waals surface area contributed by atoms with Gasteiger partial charge in [-0.25, -0.2) is 0 Å². The molecule has 2 aromatic carbocycles. The average Bonchev–Trinajstić information content (AvgIpc) is 2.94. The number of hydrogen-bond acceptors (Lipinski definition) is 7. The Balaban J connectivity index is 1.73. The number of nitrogens with zero attached hydrogens (tertiary/aromatic N) is 1. The van der Waals surface area contributed by atoms with E-state index < -0.39 is 29.1 Å². The van der Waals surface area contributed by atoms with E-state index in [2.05, 4.69) is 0 Å². The summed E-state index contributed by atoms with van der Waals surface area (Å²) in [6.45, 7) is 6.09. The lowest BCUT2D eigenvalue weighted by molar-refractivity contribution is -0.159. The van der Waals surface area contributed by atoms with Crippen molar-refractivity contribution in [1.82, 2.24) is 4.90 Å². The number of anilines is 1. The van der Waals surface area contributed by atoms with Crippen LogP contribution in [0.1, 0.15) is 63.7 Å². The van der Waals surface area contributed by atoms with E-state index in [1.54, 1.807) is 34.1 Å². The van der Waals surface area contributed by atoms with Gasteiger partial charge in [-0.15, -0.1) is 0 Å². The molecule has 1 saturated heterocycles. The highest BCUT2D eigenvalue weighted by Gasteiger charge is 2.38. The zero-order valence-electron chi connectivity index (χ0n) is 23.1. The van der Waals surface area contributed by atoms with E-state index in [1.165, 1.54) is 4.90 Å². The number of nitrogen functional groups attached to an aromatic ring is 1. The first-order chi connectivity index (χ1) is 18.1. The van der Waals surface area contributed by atoms with Gasteiger partial charge in [-0.2, -0.15) is 0 Å². The number of methoxy groups -OCH3 is 2. The molecule has 38 heavy (non-hydrogen) atoms. The van der Waals surface area contributed by atoms with Crippen LogP contribution in [-0.2, 0) is 25.5 Å². The van der Waals surface area contributed by atoms with Gasteiger partial charge in [0, 0.05) is 24.2 Å². The van der Waals surface area contributed by atoms with Gasteiger partial charge >= 0.3 is 5.97 Å². The zero-order chi connectivity index (χ0) is 27.9. The topological polar surface area (TPSA) is 108 Å². The second-order valence-corrected chi connectivity index (χ2v) is 10.5. The SMILES string of the molecule is CCC(C)(C)C(=O)C(=O)N1CCC[C@@H](C(=O)O[C@H](CCc2ccc(OC)c(OC)c2)c2cccc(N)c2)C1. The Bertz CT molecular complexity index is 1150. The number of piperidine rings is 1. The first-order valence-electron chi connectivity index (χ1n) is 13.2. The lowest BCUT2D eigenvalue weighted by Crippen LogP contribution is -2.48. The van der Waals surface area contributed by atoms with Crippen LogP contribution in [0.4, 0.5) is 5.69 Å². The van der Waals surface area contributed by atoms with Gasteiger partial charge in [-0.1, -0.05) is 39.0 Å². The molecule has 1 amide bonds. The molecule has 2 atom stereocenters. The Morgan fingerprint density at radius 1 is 1.08 bits per heavy atom. The molecule has 0 aromatic heterocycles.